The van der Waals surface area contributed by atoms with Crippen LogP contribution >= 0.6 is 0 Å². The topological polar surface area (TPSA) is 33.0 Å². The Hall–Kier alpha value is -2.27. The average molecular weight is 235 g/mol. The van der Waals surface area contributed by atoms with Crippen molar-refractivity contribution >= 4 is 16.3 Å². The Labute approximate surface area is 106 Å². The van der Waals surface area contributed by atoms with Crippen molar-refractivity contribution in [3.63, 3.8) is 0 Å². The van der Waals surface area contributed by atoms with Gasteiger partial charge in [-0.1, -0.05) is 24.3 Å². The maximum absolute atomic E-state index is 8.92. The van der Waals surface area contributed by atoms with Crippen LogP contribution in [0, 0.1) is 11.3 Å². The summed E-state index contributed by atoms with van der Waals surface area (Å²) in [5.41, 5.74) is 3.52. The van der Waals surface area contributed by atoms with E-state index in [2.05, 4.69) is 30.3 Å². The monoisotopic (exact) mass is 235 g/mol. The molecule has 0 radical (unpaired) electrons. The fraction of sp³-hybridized carbons (Fsp3) is 0.188. The number of ether oxygens (including phenoxy) is 1. The summed E-state index contributed by atoms with van der Waals surface area (Å²) in [4.78, 5) is 0. The van der Waals surface area contributed by atoms with Crippen LogP contribution in [0.1, 0.15) is 17.5 Å². The molecule has 2 aromatic carbocycles. The number of hydrogen-bond acceptors (Lipinski definition) is 2. The smallest absolute Gasteiger partial charge is 0.127 e. The molecular formula is C16H13NO. The summed E-state index contributed by atoms with van der Waals surface area (Å²) in [6.45, 7) is 0. The van der Waals surface area contributed by atoms with Crippen molar-refractivity contribution in [3.05, 3.63) is 47.5 Å². The minimum Gasteiger partial charge on any atom is -0.496 e. The number of allylic oxidation sites excluding steroid dienone is 2. The summed E-state index contributed by atoms with van der Waals surface area (Å²) >= 11 is 0. The highest BCUT2D eigenvalue weighted by Crippen LogP contribution is 2.41. The zero-order valence-corrected chi connectivity index (χ0v) is 10.2. The van der Waals surface area contributed by atoms with Crippen LogP contribution in [0.3, 0.4) is 0 Å². The molecule has 2 nitrogen and oxygen atoms in total. The Morgan fingerprint density at radius 1 is 1.22 bits per heavy atom. The van der Waals surface area contributed by atoms with Gasteiger partial charge in [-0.15, -0.1) is 0 Å². The van der Waals surface area contributed by atoms with Crippen molar-refractivity contribution in [3.8, 4) is 11.8 Å². The Morgan fingerprint density at radius 3 is 2.89 bits per heavy atom. The van der Waals surface area contributed by atoms with Gasteiger partial charge in [-0.2, -0.15) is 5.26 Å². The molecule has 0 saturated carbocycles. The molecule has 1 aliphatic rings. The predicted molar refractivity (Wildman–Crippen MR) is 72.4 cm³/mol. The third kappa shape index (κ3) is 1.48. The zero-order chi connectivity index (χ0) is 12.5. The summed E-state index contributed by atoms with van der Waals surface area (Å²) in [5.74, 6) is 0.858. The summed E-state index contributed by atoms with van der Waals surface area (Å²) in [6, 6.07) is 12.6. The minimum atomic E-state index is 0.858. The van der Waals surface area contributed by atoms with Crippen LogP contribution in [0.15, 0.2) is 36.4 Å². The summed E-state index contributed by atoms with van der Waals surface area (Å²) < 4.78 is 5.46. The van der Waals surface area contributed by atoms with E-state index < -0.39 is 0 Å². The van der Waals surface area contributed by atoms with Gasteiger partial charge < -0.3 is 4.74 Å². The van der Waals surface area contributed by atoms with E-state index in [0.717, 1.165) is 29.7 Å². The lowest BCUT2D eigenvalue weighted by molar-refractivity contribution is 0.414. The lowest BCUT2D eigenvalue weighted by Gasteiger charge is -2.21. The number of benzene rings is 2. The van der Waals surface area contributed by atoms with Crippen molar-refractivity contribution in [1.82, 2.24) is 0 Å². The molecule has 0 N–H and O–H groups in total. The maximum atomic E-state index is 8.92. The predicted octanol–water partition coefficient (Wildman–Crippen LogP) is 3.70. The van der Waals surface area contributed by atoms with Crippen LogP contribution in [0.4, 0.5) is 0 Å². The Morgan fingerprint density at radius 2 is 2.11 bits per heavy atom. The minimum absolute atomic E-state index is 0.858. The molecule has 2 heteroatoms. The van der Waals surface area contributed by atoms with Crippen LogP contribution < -0.4 is 4.74 Å². The molecule has 0 heterocycles. The molecule has 0 amide bonds. The third-order valence-corrected chi connectivity index (χ3v) is 3.54. The average Bonchev–Trinajstić information content (AvgIpc) is 2.42. The van der Waals surface area contributed by atoms with Crippen LogP contribution in [-0.2, 0) is 6.42 Å². The van der Waals surface area contributed by atoms with Gasteiger partial charge in [-0.3, -0.25) is 0 Å². The van der Waals surface area contributed by atoms with Crippen molar-refractivity contribution in [1.29, 1.82) is 5.26 Å². The van der Waals surface area contributed by atoms with E-state index in [1.807, 2.05) is 6.07 Å². The first-order valence-electron chi connectivity index (χ1n) is 6.03. The molecule has 0 unspecified atom stereocenters. The molecular weight excluding hydrogens is 222 g/mol. The fourth-order valence-electron chi connectivity index (χ4n) is 2.75. The lowest BCUT2D eigenvalue weighted by Crippen LogP contribution is -2.03. The lowest BCUT2D eigenvalue weighted by atomic mass is 9.84. The van der Waals surface area contributed by atoms with E-state index in [9.17, 15) is 0 Å². The summed E-state index contributed by atoms with van der Waals surface area (Å²) in [5, 5.41) is 11.4. The molecule has 0 fully saturated rings. The van der Waals surface area contributed by atoms with Crippen LogP contribution in [0.5, 0.6) is 5.75 Å². The Kier molecular flexibility index (Phi) is 2.53. The van der Waals surface area contributed by atoms with Crippen LogP contribution in [-0.4, -0.2) is 7.11 Å². The summed E-state index contributed by atoms with van der Waals surface area (Å²) in [7, 11) is 1.68. The molecule has 3 rings (SSSR count). The van der Waals surface area contributed by atoms with E-state index in [1.54, 1.807) is 13.2 Å². The molecule has 1 aliphatic carbocycles. The normalized spacial score (nSPS) is 15.7. The maximum Gasteiger partial charge on any atom is 0.127 e. The van der Waals surface area contributed by atoms with Crippen molar-refractivity contribution in [2.45, 2.75) is 12.8 Å². The number of rotatable bonds is 1. The largest absolute Gasteiger partial charge is 0.496 e. The molecule has 0 spiro atoms. The molecule has 2 aromatic rings. The molecule has 88 valence electrons. The second-order valence-electron chi connectivity index (χ2n) is 4.46. The molecule has 0 aliphatic heterocycles. The zero-order valence-electron chi connectivity index (χ0n) is 10.2. The summed E-state index contributed by atoms with van der Waals surface area (Å²) in [6.07, 6.45) is 3.54. The standard InChI is InChI=1S/C16H13NO/c1-18-14-8-7-12-4-2-3-11-5-6-13(9-10-17)16(14)15(11)12/h2-4,7-9H,5-6H2,1H3/b13-9+. The first-order valence-corrected chi connectivity index (χ1v) is 6.03. The molecule has 0 atom stereocenters. The molecule has 0 aromatic heterocycles. The quantitative estimate of drug-likeness (QED) is 0.706. The molecule has 0 bridgehead atoms. The van der Waals surface area contributed by atoms with E-state index in [4.69, 9.17) is 10.00 Å². The molecule has 18 heavy (non-hydrogen) atoms. The first-order chi connectivity index (χ1) is 8.85. The Balaban J connectivity index is 2.44. The Bertz CT molecular complexity index is 692. The first kappa shape index (κ1) is 10.9. The molecule has 0 saturated heterocycles. The van der Waals surface area contributed by atoms with Gasteiger partial charge in [0.25, 0.3) is 0 Å². The van der Waals surface area contributed by atoms with Gasteiger partial charge in [-0.05, 0) is 40.8 Å². The third-order valence-electron chi connectivity index (χ3n) is 3.54. The van der Waals surface area contributed by atoms with Crippen molar-refractivity contribution < 1.29 is 4.74 Å². The van der Waals surface area contributed by atoms with Crippen LogP contribution in [0.25, 0.3) is 16.3 Å². The van der Waals surface area contributed by atoms with E-state index in [0.29, 0.717) is 0 Å². The highest BCUT2D eigenvalue weighted by atomic mass is 16.5. The number of methoxy groups -OCH3 is 1. The number of nitriles is 1. The number of hydrogen-bond donors (Lipinski definition) is 0. The van der Waals surface area contributed by atoms with Gasteiger partial charge in [0.15, 0.2) is 0 Å². The van der Waals surface area contributed by atoms with E-state index in [-0.39, 0.29) is 0 Å². The second-order valence-corrected chi connectivity index (χ2v) is 4.46. The van der Waals surface area contributed by atoms with Gasteiger partial charge in [0.05, 0.1) is 13.2 Å². The van der Waals surface area contributed by atoms with Gasteiger partial charge >= 0.3 is 0 Å². The van der Waals surface area contributed by atoms with E-state index >= 15 is 0 Å². The van der Waals surface area contributed by atoms with Gasteiger partial charge in [0, 0.05) is 11.6 Å². The van der Waals surface area contributed by atoms with Gasteiger partial charge in [-0.25, -0.2) is 0 Å². The fourth-order valence-corrected chi connectivity index (χ4v) is 2.75. The van der Waals surface area contributed by atoms with Crippen LogP contribution in [0.2, 0.25) is 0 Å². The highest BCUT2D eigenvalue weighted by molar-refractivity contribution is 6.00. The second kappa shape index (κ2) is 4.19. The van der Waals surface area contributed by atoms with Gasteiger partial charge in [0.1, 0.15) is 5.75 Å². The highest BCUT2D eigenvalue weighted by Gasteiger charge is 2.20. The SMILES string of the molecule is COc1ccc2cccc3c2c1/C(=C/C#N)CC3. The van der Waals surface area contributed by atoms with E-state index in [1.165, 1.54) is 16.3 Å². The number of nitrogens with zero attached hydrogens (tertiary/aromatic N) is 1. The van der Waals surface area contributed by atoms with Gasteiger partial charge in [0.2, 0.25) is 0 Å². The number of aryl methyl sites for hydroxylation is 1. The van der Waals surface area contributed by atoms with Crippen molar-refractivity contribution in [2.75, 3.05) is 7.11 Å². The van der Waals surface area contributed by atoms with Crippen molar-refractivity contribution in [2.24, 2.45) is 0 Å².